The largest absolute Gasteiger partial charge is 0.481 e. The van der Waals surface area contributed by atoms with Crippen molar-refractivity contribution in [1.82, 2.24) is 10.2 Å². The van der Waals surface area contributed by atoms with E-state index in [4.69, 9.17) is 9.84 Å². The molecule has 106 valence electrons. The van der Waals surface area contributed by atoms with E-state index in [1.807, 2.05) is 0 Å². The van der Waals surface area contributed by atoms with Gasteiger partial charge in [-0.15, -0.1) is 10.2 Å². The summed E-state index contributed by atoms with van der Waals surface area (Å²) in [5, 5.41) is 19.7. The second-order valence-corrected chi connectivity index (χ2v) is 5.94. The Hall–Kier alpha value is -1.70. The maximum atomic E-state index is 11.5. The molecule has 8 heteroatoms. The lowest BCUT2D eigenvalue weighted by Gasteiger charge is -2.18. The topological polar surface area (TPSA) is 101 Å². The van der Waals surface area contributed by atoms with Gasteiger partial charge in [0, 0.05) is 12.8 Å². The molecule has 0 spiro atoms. The minimum Gasteiger partial charge on any atom is -0.481 e. The highest BCUT2D eigenvalue weighted by atomic mass is 32.1. The van der Waals surface area contributed by atoms with Crippen LogP contribution in [0, 0.1) is 0 Å². The normalized spacial score (nSPS) is 11.1. The summed E-state index contributed by atoms with van der Waals surface area (Å²) >= 11 is 1.21. The summed E-state index contributed by atoms with van der Waals surface area (Å²) in [6.07, 6.45) is 0.533. The van der Waals surface area contributed by atoms with Gasteiger partial charge in [0.05, 0.1) is 0 Å². The summed E-state index contributed by atoms with van der Waals surface area (Å²) in [6.45, 7) is 5.30. The van der Waals surface area contributed by atoms with Crippen LogP contribution in [0.1, 0.15) is 38.6 Å². The molecule has 0 aliphatic heterocycles. The molecule has 19 heavy (non-hydrogen) atoms. The second-order valence-electron chi connectivity index (χ2n) is 4.88. The number of carbonyl (C=O) groups excluding carboxylic acids is 1. The van der Waals surface area contributed by atoms with Crippen LogP contribution in [0.4, 0.5) is 9.93 Å². The third-order valence-corrected chi connectivity index (χ3v) is 2.75. The second kappa shape index (κ2) is 6.46. The molecular formula is C11H17N3O4S. The molecule has 0 radical (unpaired) electrons. The minimum absolute atomic E-state index is 0.0917. The number of rotatable bonds is 5. The number of aromatic nitrogens is 2. The number of hydrogen-bond acceptors (Lipinski definition) is 6. The molecule has 0 saturated heterocycles. The van der Waals surface area contributed by atoms with Crippen LogP contribution < -0.4 is 5.32 Å². The Morgan fingerprint density at radius 1 is 1.37 bits per heavy atom. The van der Waals surface area contributed by atoms with Crippen LogP contribution in [0.15, 0.2) is 0 Å². The average Bonchev–Trinajstić information content (AvgIpc) is 2.61. The Morgan fingerprint density at radius 3 is 2.63 bits per heavy atom. The molecule has 0 bridgehead atoms. The summed E-state index contributed by atoms with van der Waals surface area (Å²) < 4.78 is 5.07. The SMILES string of the molecule is CC(C)(C)OC(=O)Nc1nnc(CCCC(=O)O)s1. The molecule has 1 heterocycles. The van der Waals surface area contributed by atoms with Gasteiger partial charge in [0.15, 0.2) is 0 Å². The van der Waals surface area contributed by atoms with E-state index in [0.29, 0.717) is 23.0 Å². The van der Waals surface area contributed by atoms with Gasteiger partial charge in [-0.3, -0.25) is 10.1 Å². The van der Waals surface area contributed by atoms with Crippen molar-refractivity contribution < 1.29 is 19.4 Å². The zero-order chi connectivity index (χ0) is 14.5. The van der Waals surface area contributed by atoms with E-state index < -0.39 is 17.7 Å². The van der Waals surface area contributed by atoms with Crippen molar-refractivity contribution in [3.05, 3.63) is 5.01 Å². The molecular weight excluding hydrogens is 270 g/mol. The van der Waals surface area contributed by atoms with E-state index in [0.717, 1.165) is 0 Å². The van der Waals surface area contributed by atoms with E-state index in [2.05, 4.69) is 15.5 Å². The molecule has 0 fully saturated rings. The molecule has 1 aromatic heterocycles. The van der Waals surface area contributed by atoms with E-state index in [-0.39, 0.29) is 6.42 Å². The van der Waals surface area contributed by atoms with Crippen molar-refractivity contribution in [2.75, 3.05) is 5.32 Å². The lowest BCUT2D eigenvalue weighted by atomic mass is 10.2. The fourth-order valence-corrected chi connectivity index (χ4v) is 1.95. The number of nitrogens with zero attached hydrogens (tertiary/aromatic N) is 2. The zero-order valence-corrected chi connectivity index (χ0v) is 11.9. The molecule has 0 aromatic carbocycles. The smallest absolute Gasteiger partial charge is 0.414 e. The molecule has 7 nitrogen and oxygen atoms in total. The number of carbonyl (C=O) groups is 2. The fraction of sp³-hybridized carbons (Fsp3) is 0.636. The first-order valence-electron chi connectivity index (χ1n) is 5.80. The van der Waals surface area contributed by atoms with Crippen LogP contribution in [0.5, 0.6) is 0 Å². The monoisotopic (exact) mass is 287 g/mol. The predicted octanol–water partition coefficient (Wildman–Crippen LogP) is 2.29. The van der Waals surface area contributed by atoms with Crippen LogP contribution in [-0.2, 0) is 16.0 Å². The number of hydrogen-bond donors (Lipinski definition) is 2. The highest BCUT2D eigenvalue weighted by molar-refractivity contribution is 7.15. The summed E-state index contributed by atoms with van der Waals surface area (Å²) in [7, 11) is 0. The number of nitrogens with one attached hydrogen (secondary N) is 1. The van der Waals surface area contributed by atoms with Crippen molar-refractivity contribution in [3.8, 4) is 0 Å². The first-order chi connectivity index (χ1) is 8.76. The van der Waals surface area contributed by atoms with Crippen LogP contribution in [0.3, 0.4) is 0 Å². The van der Waals surface area contributed by atoms with Crippen molar-refractivity contribution >= 4 is 28.5 Å². The quantitative estimate of drug-likeness (QED) is 0.861. The highest BCUT2D eigenvalue weighted by Crippen LogP contribution is 2.18. The lowest BCUT2D eigenvalue weighted by molar-refractivity contribution is -0.137. The number of carboxylic acid groups (broad SMARTS) is 1. The highest BCUT2D eigenvalue weighted by Gasteiger charge is 2.17. The molecule has 1 amide bonds. The maximum Gasteiger partial charge on any atom is 0.414 e. The van der Waals surface area contributed by atoms with Gasteiger partial charge in [-0.1, -0.05) is 11.3 Å². The van der Waals surface area contributed by atoms with Crippen molar-refractivity contribution in [2.24, 2.45) is 0 Å². The Morgan fingerprint density at radius 2 is 2.05 bits per heavy atom. The molecule has 1 rings (SSSR count). The van der Waals surface area contributed by atoms with Gasteiger partial charge in [0.1, 0.15) is 10.6 Å². The van der Waals surface area contributed by atoms with E-state index in [1.165, 1.54) is 11.3 Å². The van der Waals surface area contributed by atoms with Gasteiger partial charge in [-0.05, 0) is 27.2 Å². The van der Waals surface area contributed by atoms with Crippen molar-refractivity contribution in [3.63, 3.8) is 0 Å². The van der Waals surface area contributed by atoms with Crippen LogP contribution in [0.25, 0.3) is 0 Å². The Kier molecular flexibility index (Phi) is 5.22. The zero-order valence-electron chi connectivity index (χ0n) is 11.1. The van der Waals surface area contributed by atoms with Crippen molar-refractivity contribution in [2.45, 2.75) is 45.6 Å². The Bertz CT molecular complexity index is 453. The Balaban J connectivity index is 2.42. The molecule has 0 unspecified atom stereocenters. The van der Waals surface area contributed by atoms with Gasteiger partial charge in [0.2, 0.25) is 5.13 Å². The third-order valence-electron chi connectivity index (χ3n) is 1.86. The lowest BCUT2D eigenvalue weighted by Crippen LogP contribution is -2.27. The number of anilines is 1. The van der Waals surface area contributed by atoms with Gasteiger partial charge in [0.25, 0.3) is 0 Å². The summed E-state index contributed by atoms with van der Waals surface area (Å²) in [6, 6.07) is 0. The number of aliphatic carboxylic acids is 1. The van der Waals surface area contributed by atoms with Crippen LogP contribution >= 0.6 is 11.3 Å². The van der Waals surface area contributed by atoms with Crippen LogP contribution in [-0.4, -0.2) is 33.0 Å². The average molecular weight is 287 g/mol. The first-order valence-corrected chi connectivity index (χ1v) is 6.62. The fourth-order valence-electron chi connectivity index (χ4n) is 1.19. The van der Waals surface area contributed by atoms with Gasteiger partial charge in [-0.2, -0.15) is 0 Å². The van der Waals surface area contributed by atoms with E-state index in [1.54, 1.807) is 20.8 Å². The molecule has 1 aromatic rings. The molecule has 0 saturated carbocycles. The number of amides is 1. The standard InChI is InChI=1S/C11H17N3O4S/c1-11(2,3)18-10(17)12-9-14-13-7(19-9)5-4-6-8(15)16/h4-6H2,1-3H3,(H,15,16)(H,12,14,17). The third kappa shape index (κ3) is 6.70. The summed E-state index contributed by atoms with van der Waals surface area (Å²) in [4.78, 5) is 21.8. The Labute approximate surface area is 115 Å². The van der Waals surface area contributed by atoms with Gasteiger partial charge < -0.3 is 9.84 Å². The molecule has 0 aliphatic carbocycles. The van der Waals surface area contributed by atoms with E-state index >= 15 is 0 Å². The van der Waals surface area contributed by atoms with Gasteiger partial charge in [-0.25, -0.2) is 4.79 Å². The molecule has 0 atom stereocenters. The van der Waals surface area contributed by atoms with Crippen LogP contribution in [0.2, 0.25) is 0 Å². The van der Waals surface area contributed by atoms with E-state index in [9.17, 15) is 9.59 Å². The number of aryl methyl sites for hydroxylation is 1. The van der Waals surface area contributed by atoms with Crippen molar-refractivity contribution in [1.29, 1.82) is 0 Å². The molecule has 2 N–H and O–H groups in total. The molecule has 0 aliphatic rings. The predicted molar refractivity (Wildman–Crippen MR) is 70.3 cm³/mol. The van der Waals surface area contributed by atoms with Gasteiger partial charge >= 0.3 is 12.1 Å². The number of carboxylic acids is 1. The first kappa shape index (κ1) is 15.4. The summed E-state index contributed by atoms with van der Waals surface area (Å²) in [5.74, 6) is -0.836. The minimum atomic E-state index is -0.836. The maximum absolute atomic E-state index is 11.5. The summed E-state index contributed by atoms with van der Waals surface area (Å²) in [5.41, 5.74) is -0.570. The number of ether oxygens (including phenoxy) is 1.